The highest BCUT2D eigenvalue weighted by Crippen LogP contribution is 2.11. The lowest BCUT2D eigenvalue weighted by molar-refractivity contribution is -0.142. The van der Waals surface area contributed by atoms with E-state index in [9.17, 15) is 18.8 Å². The molecule has 1 aromatic carbocycles. The summed E-state index contributed by atoms with van der Waals surface area (Å²) in [5.41, 5.74) is 0.501. The maximum Gasteiger partial charge on any atom is 0.326 e. The lowest BCUT2D eigenvalue weighted by Crippen LogP contribution is -2.52. The topological polar surface area (TPSA) is 95.5 Å². The Balaban J connectivity index is 2.89. The number of rotatable bonds is 8. The number of nitrogens with one attached hydrogen (secondary N) is 2. The van der Waals surface area contributed by atoms with E-state index in [0.717, 1.165) is 0 Å². The molecule has 2 atom stereocenters. The van der Waals surface area contributed by atoms with Crippen LogP contribution in [0.4, 0.5) is 4.39 Å². The second kappa shape index (κ2) is 9.17. The van der Waals surface area contributed by atoms with E-state index in [4.69, 9.17) is 5.11 Å². The van der Waals surface area contributed by atoms with Gasteiger partial charge in [-0.3, -0.25) is 9.59 Å². The van der Waals surface area contributed by atoms with Crippen LogP contribution in [0.25, 0.3) is 0 Å². The average molecular weight is 401 g/mol. The first-order chi connectivity index (χ1) is 11.2. The van der Waals surface area contributed by atoms with E-state index in [1.165, 1.54) is 25.1 Å². The molecule has 2 amide bonds. The molecular formula is C16H18BrFN2O4. The standard InChI is InChI=1S/C16H18BrFN2O4/c1-9(17)6-14(16(23)24)20-15(22)13(19-10(2)21)8-11-4-3-5-12(18)7-11/h3-5,7,13-14H,1,6,8H2,2H3,(H,19,21)(H,20,22)(H,23,24)/t13-,14+/m1/s1. The summed E-state index contributed by atoms with van der Waals surface area (Å²) in [6.45, 7) is 4.78. The predicted octanol–water partition coefficient (Wildman–Crippen LogP) is 1.74. The number of carboxylic acids is 1. The van der Waals surface area contributed by atoms with Crippen LogP contribution in [0.2, 0.25) is 0 Å². The molecule has 0 radical (unpaired) electrons. The van der Waals surface area contributed by atoms with Gasteiger partial charge in [-0.05, 0) is 22.2 Å². The highest BCUT2D eigenvalue weighted by molar-refractivity contribution is 9.11. The van der Waals surface area contributed by atoms with Crippen LogP contribution in [-0.4, -0.2) is 35.0 Å². The second-order valence-corrected chi connectivity index (χ2v) is 6.33. The zero-order chi connectivity index (χ0) is 18.3. The molecule has 3 N–H and O–H groups in total. The van der Waals surface area contributed by atoms with Crippen LogP contribution in [0.15, 0.2) is 35.3 Å². The van der Waals surface area contributed by atoms with Gasteiger partial charge in [0.25, 0.3) is 0 Å². The van der Waals surface area contributed by atoms with Crippen LogP contribution in [0.1, 0.15) is 18.9 Å². The molecule has 0 spiro atoms. The highest BCUT2D eigenvalue weighted by Gasteiger charge is 2.26. The van der Waals surface area contributed by atoms with Gasteiger partial charge in [-0.25, -0.2) is 9.18 Å². The predicted molar refractivity (Wildman–Crippen MR) is 90.0 cm³/mol. The maximum atomic E-state index is 13.3. The van der Waals surface area contributed by atoms with Gasteiger partial charge in [-0.2, -0.15) is 0 Å². The Bertz CT molecular complexity index is 651. The fourth-order valence-corrected chi connectivity index (χ4v) is 2.37. The van der Waals surface area contributed by atoms with Crippen LogP contribution >= 0.6 is 15.9 Å². The van der Waals surface area contributed by atoms with Crippen molar-refractivity contribution in [1.29, 1.82) is 0 Å². The molecule has 6 nitrogen and oxygen atoms in total. The van der Waals surface area contributed by atoms with Crippen molar-refractivity contribution in [3.63, 3.8) is 0 Å². The minimum Gasteiger partial charge on any atom is -0.480 e. The Morgan fingerprint density at radius 3 is 2.46 bits per heavy atom. The van der Waals surface area contributed by atoms with E-state index in [-0.39, 0.29) is 12.8 Å². The van der Waals surface area contributed by atoms with Crippen LogP contribution in [-0.2, 0) is 20.8 Å². The number of hydrogen-bond acceptors (Lipinski definition) is 3. The van der Waals surface area contributed by atoms with Crippen LogP contribution in [0, 0.1) is 5.82 Å². The van der Waals surface area contributed by atoms with Crippen molar-refractivity contribution in [3.8, 4) is 0 Å². The molecule has 0 heterocycles. The van der Waals surface area contributed by atoms with Crippen molar-refractivity contribution < 1.29 is 23.9 Å². The van der Waals surface area contributed by atoms with Crippen molar-refractivity contribution in [1.82, 2.24) is 10.6 Å². The molecule has 0 aliphatic heterocycles. The third-order valence-electron chi connectivity index (χ3n) is 3.06. The Hall–Kier alpha value is -2.22. The lowest BCUT2D eigenvalue weighted by atomic mass is 10.0. The van der Waals surface area contributed by atoms with E-state index in [0.29, 0.717) is 10.0 Å². The number of hydrogen-bond donors (Lipinski definition) is 3. The first-order valence-electron chi connectivity index (χ1n) is 7.07. The van der Waals surface area contributed by atoms with Gasteiger partial charge in [0.15, 0.2) is 0 Å². The van der Waals surface area contributed by atoms with E-state index in [1.807, 2.05) is 0 Å². The maximum absolute atomic E-state index is 13.3. The molecule has 0 unspecified atom stereocenters. The molecule has 0 aromatic heterocycles. The van der Waals surface area contributed by atoms with Gasteiger partial charge in [-0.15, -0.1) is 0 Å². The molecule has 1 rings (SSSR count). The monoisotopic (exact) mass is 400 g/mol. The first kappa shape index (κ1) is 19.8. The van der Waals surface area contributed by atoms with Crippen LogP contribution in [0.5, 0.6) is 0 Å². The van der Waals surface area contributed by atoms with Gasteiger partial charge in [0.2, 0.25) is 11.8 Å². The minimum absolute atomic E-state index is 0.00612. The Morgan fingerprint density at radius 1 is 1.29 bits per heavy atom. The molecular weight excluding hydrogens is 383 g/mol. The molecule has 0 aliphatic carbocycles. The quantitative estimate of drug-likeness (QED) is 0.619. The fraction of sp³-hybridized carbons (Fsp3) is 0.312. The van der Waals surface area contributed by atoms with Crippen LogP contribution < -0.4 is 10.6 Å². The fourth-order valence-electron chi connectivity index (χ4n) is 2.05. The average Bonchev–Trinajstić information content (AvgIpc) is 2.44. The molecule has 0 bridgehead atoms. The molecule has 130 valence electrons. The number of halogens is 2. The van der Waals surface area contributed by atoms with Crippen molar-refractivity contribution in [3.05, 3.63) is 46.7 Å². The van der Waals surface area contributed by atoms with Gasteiger partial charge in [-0.1, -0.05) is 34.6 Å². The Kier molecular flexibility index (Phi) is 7.57. The third kappa shape index (κ3) is 6.91. The number of carbonyl (C=O) groups excluding carboxylic acids is 2. The largest absolute Gasteiger partial charge is 0.480 e. The molecule has 0 saturated carbocycles. The minimum atomic E-state index is -1.23. The summed E-state index contributed by atoms with van der Waals surface area (Å²) in [5.74, 6) is -2.82. The molecule has 0 saturated heterocycles. The number of amides is 2. The Labute approximate surface area is 147 Å². The number of aliphatic carboxylic acids is 1. The van der Waals surface area contributed by atoms with E-state index in [2.05, 4.69) is 33.1 Å². The summed E-state index contributed by atoms with van der Waals surface area (Å²) in [4.78, 5) is 34.9. The molecule has 0 aliphatic rings. The summed E-state index contributed by atoms with van der Waals surface area (Å²) >= 11 is 3.05. The molecule has 0 fully saturated rings. The lowest BCUT2D eigenvalue weighted by Gasteiger charge is -2.21. The summed E-state index contributed by atoms with van der Waals surface area (Å²) < 4.78 is 13.7. The summed E-state index contributed by atoms with van der Waals surface area (Å²) in [6.07, 6.45) is 0.0264. The van der Waals surface area contributed by atoms with Crippen molar-refractivity contribution in [2.75, 3.05) is 0 Å². The second-order valence-electron chi connectivity index (χ2n) is 5.21. The first-order valence-corrected chi connectivity index (χ1v) is 7.86. The number of carboxylic acid groups (broad SMARTS) is 1. The summed E-state index contributed by atoms with van der Waals surface area (Å²) in [5, 5.41) is 13.9. The SMILES string of the molecule is C=C(Br)C[C@H](NC(=O)[C@@H](Cc1cccc(F)c1)NC(C)=O)C(=O)O. The zero-order valence-electron chi connectivity index (χ0n) is 13.0. The third-order valence-corrected chi connectivity index (χ3v) is 3.39. The number of carbonyl (C=O) groups is 3. The van der Waals surface area contributed by atoms with E-state index in [1.54, 1.807) is 6.07 Å². The van der Waals surface area contributed by atoms with Gasteiger partial charge in [0.05, 0.1) is 0 Å². The molecule has 24 heavy (non-hydrogen) atoms. The smallest absolute Gasteiger partial charge is 0.326 e. The van der Waals surface area contributed by atoms with Gasteiger partial charge < -0.3 is 15.7 Å². The molecule has 8 heteroatoms. The van der Waals surface area contributed by atoms with Crippen molar-refractivity contribution >= 4 is 33.7 Å². The normalized spacial score (nSPS) is 12.8. The van der Waals surface area contributed by atoms with Crippen molar-refractivity contribution in [2.45, 2.75) is 31.8 Å². The van der Waals surface area contributed by atoms with Crippen molar-refractivity contribution in [2.24, 2.45) is 0 Å². The van der Waals surface area contributed by atoms with E-state index < -0.39 is 35.7 Å². The Morgan fingerprint density at radius 2 is 1.96 bits per heavy atom. The van der Waals surface area contributed by atoms with Crippen LogP contribution in [0.3, 0.4) is 0 Å². The zero-order valence-corrected chi connectivity index (χ0v) is 14.6. The van der Waals surface area contributed by atoms with Gasteiger partial charge in [0, 0.05) is 19.8 Å². The molecule has 1 aromatic rings. The van der Waals surface area contributed by atoms with Gasteiger partial charge in [0.1, 0.15) is 17.9 Å². The highest BCUT2D eigenvalue weighted by atomic mass is 79.9. The van der Waals surface area contributed by atoms with E-state index >= 15 is 0 Å². The van der Waals surface area contributed by atoms with Gasteiger partial charge >= 0.3 is 5.97 Å². The number of benzene rings is 1. The summed E-state index contributed by atoms with van der Waals surface area (Å²) in [6, 6.07) is 3.40. The summed E-state index contributed by atoms with van der Waals surface area (Å²) in [7, 11) is 0.